The number of carbonyl (C=O) groups excluding carboxylic acids is 1. The molecule has 0 aromatic carbocycles. The predicted octanol–water partition coefficient (Wildman–Crippen LogP) is 1.06. The summed E-state index contributed by atoms with van der Waals surface area (Å²) >= 11 is 1.42. The van der Waals surface area contributed by atoms with Gasteiger partial charge in [-0.05, 0) is 39.8 Å². The van der Waals surface area contributed by atoms with Crippen molar-refractivity contribution < 1.29 is 14.6 Å². The third-order valence-electron chi connectivity index (χ3n) is 4.46. The Bertz CT molecular complexity index is 571. The third-order valence-corrected chi connectivity index (χ3v) is 5.52. The number of amides is 1. The molecule has 1 aromatic rings. The van der Waals surface area contributed by atoms with Gasteiger partial charge in [0.1, 0.15) is 10.5 Å². The fourth-order valence-corrected chi connectivity index (χ4v) is 4.30. The summed E-state index contributed by atoms with van der Waals surface area (Å²) in [6.07, 6.45) is 2.36. The van der Waals surface area contributed by atoms with Crippen molar-refractivity contribution >= 4 is 17.2 Å². The first kappa shape index (κ1) is 16.8. The van der Waals surface area contributed by atoms with Crippen molar-refractivity contribution in [2.75, 3.05) is 45.9 Å². The van der Waals surface area contributed by atoms with E-state index in [1.54, 1.807) is 4.90 Å². The molecule has 2 fully saturated rings. The number of nitrogens with zero attached hydrogens (tertiary/aromatic N) is 3. The summed E-state index contributed by atoms with van der Waals surface area (Å²) < 4.78 is 5.59. The molecule has 1 atom stereocenters. The van der Waals surface area contributed by atoms with E-state index in [0.29, 0.717) is 31.1 Å². The number of hydrogen-bond acceptors (Lipinski definition) is 6. The Balaban J connectivity index is 1.73. The molecule has 0 spiro atoms. The van der Waals surface area contributed by atoms with Crippen LogP contribution in [0.3, 0.4) is 0 Å². The smallest absolute Gasteiger partial charge is 0.266 e. The Morgan fingerprint density at radius 3 is 2.74 bits per heavy atom. The maximum Gasteiger partial charge on any atom is 0.266 e. The molecule has 2 aliphatic heterocycles. The van der Waals surface area contributed by atoms with Crippen LogP contribution in [-0.2, 0) is 4.74 Å². The first-order chi connectivity index (χ1) is 11.0. The molecule has 3 rings (SSSR count). The summed E-state index contributed by atoms with van der Waals surface area (Å²) in [5.41, 5.74) is -0.227. The number of aromatic nitrogens is 1. The van der Waals surface area contributed by atoms with Gasteiger partial charge in [0.2, 0.25) is 0 Å². The van der Waals surface area contributed by atoms with Gasteiger partial charge >= 0.3 is 0 Å². The average Bonchev–Trinajstić information content (AvgIpc) is 3.05. The minimum atomic E-state index is -0.996. The highest BCUT2D eigenvalue weighted by molar-refractivity contribution is 7.13. The molecule has 0 unspecified atom stereocenters. The Labute approximate surface area is 141 Å². The number of aryl methyl sites for hydroxylation is 2. The van der Waals surface area contributed by atoms with E-state index in [1.807, 2.05) is 13.8 Å². The van der Waals surface area contributed by atoms with Crippen LogP contribution in [0, 0.1) is 13.8 Å². The third kappa shape index (κ3) is 3.91. The van der Waals surface area contributed by atoms with Gasteiger partial charge in [-0.25, -0.2) is 4.98 Å². The minimum absolute atomic E-state index is 0.0431. The van der Waals surface area contributed by atoms with Crippen LogP contribution in [0.4, 0.5) is 0 Å². The van der Waals surface area contributed by atoms with E-state index in [2.05, 4.69) is 9.88 Å². The molecule has 3 heterocycles. The molecule has 7 heteroatoms. The van der Waals surface area contributed by atoms with Crippen molar-refractivity contribution in [2.45, 2.75) is 32.3 Å². The monoisotopic (exact) mass is 339 g/mol. The molecule has 128 valence electrons. The summed E-state index contributed by atoms with van der Waals surface area (Å²) in [5, 5.41) is 11.9. The molecule has 2 saturated heterocycles. The summed E-state index contributed by atoms with van der Waals surface area (Å²) in [5.74, 6) is -0.0431. The second-order valence-electron chi connectivity index (χ2n) is 6.63. The highest BCUT2D eigenvalue weighted by Crippen LogP contribution is 2.23. The van der Waals surface area contributed by atoms with Crippen LogP contribution in [0.2, 0.25) is 0 Å². The van der Waals surface area contributed by atoms with Gasteiger partial charge in [0.15, 0.2) is 0 Å². The van der Waals surface area contributed by atoms with Gasteiger partial charge in [-0.1, -0.05) is 0 Å². The molecule has 1 amide bonds. The number of aliphatic hydroxyl groups is 1. The highest BCUT2D eigenvalue weighted by Gasteiger charge is 2.37. The van der Waals surface area contributed by atoms with Crippen LogP contribution in [0.1, 0.15) is 33.2 Å². The van der Waals surface area contributed by atoms with Crippen molar-refractivity contribution in [3.8, 4) is 0 Å². The van der Waals surface area contributed by atoms with Crippen LogP contribution in [0.5, 0.6) is 0 Å². The first-order valence-electron chi connectivity index (χ1n) is 8.23. The van der Waals surface area contributed by atoms with Crippen molar-refractivity contribution in [2.24, 2.45) is 0 Å². The van der Waals surface area contributed by atoms with Gasteiger partial charge in [0, 0.05) is 13.1 Å². The van der Waals surface area contributed by atoms with E-state index in [-0.39, 0.29) is 12.5 Å². The molecule has 23 heavy (non-hydrogen) atoms. The van der Waals surface area contributed by atoms with Crippen molar-refractivity contribution in [1.29, 1.82) is 0 Å². The van der Waals surface area contributed by atoms with Gasteiger partial charge in [-0.2, -0.15) is 0 Å². The molecule has 2 aliphatic rings. The zero-order valence-electron chi connectivity index (χ0n) is 13.9. The van der Waals surface area contributed by atoms with E-state index in [1.165, 1.54) is 24.2 Å². The topological polar surface area (TPSA) is 65.9 Å². The molecule has 0 saturated carbocycles. The summed E-state index contributed by atoms with van der Waals surface area (Å²) in [6, 6.07) is 0. The number of hydrogen-bond donors (Lipinski definition) is 1. The molecule has 0 bridgehead atoms. The number of likely N-dealkylation sites (tertiary alicyclic amines) is 1. The van der Waals surface area contributed by atoms with Crippen LogP contribution < -0.4 is 0 Å². The standard InChI is InChI=1S/C16H25N3O3S/c1-12-14(23-13(2)17-12)15(20)19-7-8-22-11-16(21,10-19)9-18-5-3-4-6-18/h21H,3-11H2,1-2H3/t16-/m0/s1. The molecule has 6 nitrogen and oxygen atoms in total. The fourth-order valence-electron chi connectivity index (χ4n) is 3.42. The molecule has 1 aromatic heterocycles. The molecule has 1 N–H and O–H groups in total. The Hall–Kier alpha value is -1.02. The molecule has 0 aliphatic carbocycles. The lowest BCUT2D eigenvalue weighted by Crippen LogP contribution is -2.53. The number of β-amino-alcohol motifs (C(OH)–C–C–N with tert-alkyl or cyclic N) is 1. The van der Waals surface area contributed by atoms with Crippen molar-refractivity contribution in [1.82, 2.24) is 14.8 Å². The number of carbonyl (C=O) groups is 1. The fraction of sp³-hybridized carbons (Fsp3) is 0.750. The molecular weight excluding hydrogens is 314 g/mol. The largest absolute Gasteiger partial charge is 0.384 e. The average molecular weight is 339 g/mol. The van der Waals surface area contributed by atoms with E-state index < -0.39 is 5.60 Å². The molecule has 0 radical (unpaired) electrons. The van der Waals surface area contributed by atoms with Crippen LogP contribution >= 0.6 is 11.3 Å². The van der Waals surface area contributed by atoms with Gasteiger partial charge in [0.25, 0.3) is 5.91 Å². The Morgan fingerprint density at radius 1 is 1.35 bits per heavy atom. The minimum Gasteiger partial charge on any atom is -0.384 e. The lowest BCUT2D eigenvalue weighted by Gasteiger charge is -2.33. The van der Waals surface area contributed by atoms with Crippen molar-refractivity contribution in [3.63, 3.8) is 0 Å². The molecular formula is C16H25N3O3S. The summed E-state index contributed by atoms with van der Waals surface area (Å²) in [7, 11) is 0. The van der Waals surface area contributed by atoms with E-state index >= 15 is 0 Å². The normalized spacial score (nSPS) is 26.5. The second kappa shape index (κ2) is 6.84. The second-order valence-corrected chi connectivity index (χ2v) is 7.84. The van der Waals surface area contributed by atoms with Crippen LogP contribution in [0.15, 0.2) is 0 Å². The maximum atomic E-state index is 12.8. The highest BCUT2D eigenvalue weighted by atomic mass is 32.1. The van der Waals surface area contributed by atoms with Crippen LogP contribution in [0.25, 0.3) is 0 Å². The van der Waals surface area contributed by atoms with Crippen molar-refractivity contribution in [3.05, 3.63) is 15.6 Å². The summed E-state index contributed by atoms with van der Waals surface area (Å²) in [6.45, 7) is 7.95. The lowest BCUT2D eigenvalue weighted by atomic mass is 10.0. The van der Waals surface area contributed by atoms with E-state index in [9.17, 15) is 9.90 Å². The van der Waals surface area contributed by atoms with Gasteiger partial charge in [0.05, 0.1) is 30.5 Å². The SMILES string of the molecule is Cc1nc(C)c(C(=O)N2CCOC[C@](O)(CN3CCCC3)C2)s1. The zero-order valence-corrected chi connectivity index (χ0v) is 14.7. The summed E-state index contributed by atoms with van der Waals surface area (Å²) in [4.78, 5) is 21.8. The number of rotatable bonds is 3. The Kier molecular flexibility index (Phi) is 5.01. The number of ether oxygens (including phenoxy) is 1. The van der Waals surface area contributed by atoms with E-state index in [0.717, 1.165) is 23.8 Å². The Morgan fingerprint density at radius 2 is 2.09 bits per heavy atom. The van der Waals surface area contributed by atoms with E-state index in [4.69, 9.17) is 4.74 Å². The van der Waals surface area contributed by atoms with Gasteiger partial charge < -0.3 is 19.6 Å². The van der Waals surface area contributed by atoms with Crippen LogP contribution in [-0.4, -0.2) is 77.3 Å². The predicted molar refractivity (Wildman–Crippen MR) is 88.9 cm³/mol. The maximum absolute atomic E-state index is 12.8. The zero-order chi connectivity index (χ0) is 16.4. The number of thiazole rings is 1. The van der Waals surface area contributed by atoms with Gasteiger partial charge in [-0.3, -0.25) is 4.79 Å². The first-order valence-corrected chi connectivity index (χ1v) is 9.04. The lowest BCUT2D eigenvalue weighted by molar-refractivity contribution is -0.0524. The quantitative estimate of drug-likeness (QED) is 0.892. The van der Waals surface area contributed by atoms with Gasteiger partial charge in [-0.15, -0.1) is 11.3 Å².